The lowest BCUT2D eigenvalue weighted by molar-refractivity contribution is -0.152. The summed E-state index contributed by atoms with van der Waals surface area (Å²) in [6.45, 7) is 6.61. The normalized spacial score (nSPS) is 22.3. The number of benzene rings is 1. The van der Waals surface area contributed by atoms with Crippen LogP contribution in [0.15, 0.2) is 18.2 Å². The Kier molecular flexibility index (Phi) is 5.97. The number of alkyl halides is 3. The molecule has 1 unspecified atom stereocenters. The van der Waals surface area contributed by atoms with Gasteiger partial charge >= 0.3 is 18.2 Å². The summed E-state index contributed by atoms with van der Waals surface area (Å²) in [5, 5.41) is 12.9. The highest BCUT2D eigenvalue weighted by Crippen LogP contribution is 2.37. The van der Waals surface area contributed by atoms with Crippen molar-refractivity contribution in [2.45, 2.75) is 57.5 Å². The molecule has 2 rings (SSSR count). The van der Waals surface area contributed by atoms with E-state index in [0.29, 0.717) is 6.07 Å². The molecule has 1 saturated heterocycles. The molecule has 1 aromatic rings. The van der Waals surface area contributed by atoms with Gasteiger partial charge in [0.2, 0.25) is 0 Å². The van der Waals surface area contributed by atoms with E-state index in [-0.39, 0.29) is 18.7 Å². The van der Waals surface area contributed by atoms with Crippen molar-refractivity contribution in [3.8, 4) is 5.75 Å². The van der Waals surface area contributed by atoms with Crippen molar-refractivity contribution in [2.24, 2.45) is 0 Å². The minimum Gasteiger partial charge on any atom is -0.506 e. The Morgan fingerprint density at radius 2 is 1.90 bits per heavy atom. The van der Waals surface area contributed by atoms with E-state index in [1.165, 1.54) is 18.9 Å². The zero-order valence-electron chi connectivity index (χ0n) is 16.9. The Labute approximate surface area is 166 Å². The second-order valence-electron chi connectivity index (χ2n) is 8.13. The first kappa shape index (κ1) is 22.6. The highest BCUT2D eigenvalue weighted by atomic mass is 19.4. The zero-order chi connectivity index (χ0) is 22.2. The zero-order valence-corrected chi connectivity index (χ0v) is 16.9. The number of phenols is 1. The van der Waals surface area contributed by atoms with Gasteiger partial charge in [-0.1, -0.05) is 0 Å². The van der Waals surface area contributed by atoms with Gasteiger partial charge < -0.3 is 19.9 Å². The molecule has 1 amide bonds. The SMILES string of the molecule is COC(=O)[C@@]1(C)CC(Nc2ccc(C(F)(F)F)cc2O)CN1C(=O)OC(C)(C)C. The number of carbonyl (C=O) groups excluding carboxylic acids is 2. The van der Waals surface area contributed by atoms with Crippen LogP contribution in [0, 0.1) is 0 Å². The number of methoxy groups -OCH3 is 1. The average molecular weight is 418 g/mol. The second kappa shape index (κ2) is 7.64. The van der Waals surface area contributed by atoms with Gasteiger partial charge in [0.05, 0.1) is 18.4 Å². The van der Waals surface area contributed by atoms with Gasteiger partial charge in [-0.2, -0.15) is 13.2 Å². The molecule has 1 fully saturated rings. The molecule has 10 heteroatoms. The summed E-state index contributed by atoms with van der Waals surface area (Å²) >= 11 is 0. The minimum atomic E-state index is -4.58. The molecule has 29 heavy (non-hydrogen) atoms. The summed E-state index contributed by atoms with van der Waals surface area (Å²) in [4.78, 5) is 26.2. The third kappa shape index (κ3) is 5.04. The van der Waals surface area contributed by atoms with Gasteiger partial charge in [0, 0.05) is 19.0 Å². The first-order valence-electron chi connectivity index (χ1n) is 8.93. The monoisotopic (exact) mass is 418 g/mol. The van der Waals surface area contributed by atoms with Gasteiger partial charge in [-0.25, -0.2) is 9.59 Å². The summed E-state index contributed by atoms with van der Waals surface area (Å²) in [6, 6.07) is 2.02. The number of hydrogen-bond acceptors (Lipinski definition) is 6. The quantitative estimate of drug-likeness (QED) is 0.574. The number of halogens is 3. The van der Waals surface area contributed by atoms with Crippen LogP contribution < -0.4 is 5.32 Å². The molecule has 0 aliphatic carbocycles. The fourth-order valence-corrected chi connectivity index (χ4v) is 3.23. The Hall–Kier alpha value is -2.65. The van der Waals surface area contributed by atoms with Crippen molar-refractivity contribution in [2.75, 3.05) is 19.0 Å². The highest BCUT2D eigenvalue weighted by Gasteiger charge is 2.52. The van der Waals surface area contributed by atoms with Crippen LogP contribution in [0.1, 0.15) is 39.7 Å². The van der Waals surface area contributed by atoms with Crippen LogP contribution in [0.25, 0.3) is 0 Å². The largest absolute Gasteiger partial charge is 0.506 e. The topological polar surface area (TPSA) is 88.1 Å². The molecule has 1 aliphatic rings. The smallest absolute Gasteiger partial charge is 0.416 e. The average Bonchev–Trinajstić information content (AvgIpc) is 2.91. The van der Waals surface area contributed by atoms with Crippen molar-refractivity contribution in [3.63, 3.8) is 0 Å². The Balaban J connectivity index is 2.25. The number of hydrogen-bond donors (Lipinski definition) is 2. The molecule has 162 valence electrons. The number of amides is 1. The number of phenolic OH excluding ortho intramolecular Hbond substituents is 1. The molecule has 7 nitrogen and oxygen atoms in total. The Morgan fingerprint density at radius 3 is 2.38 bits per heavy atom. The fraction of sp³-hybridized carbons (Fsp3) is 0.579. The number of aromatic hydroxyl groups is 1. The second-order valence-corrected chi connectivity index (χ2v) is 8.13. The molecule has 2 atom stereocenters. The summed E-state index contributed by atoms with van der Waals surface area (Å²) in [7, 11) is 1.20. The van der Waals surface area contributed by atoms with Gasteiger partial charge in [0.1, 0.15) is 16.9 Å². The number of nitrogens with one attached hydrogen (secondary N) is 1. The minimum absolute atomic E-state index is 0.0287. The van der Waals surface area contributed by atoms with Gasteiger partial charge in [-0.15, -0.1) is 0 Å². The standard InChI is InChI=1S/C19H25F3N2O5/c1-17(2,3)29-16(27)24-10-12(9-18(24,4)15(26)28-5)23-13-7-6-11(8-14(13)25)19(20,21)22/h6-8,12,23,25H,9-10H2,1-5H3/t12?,18-/m1/s1. The maximum Gasteiger partial charge on any atom is 0.416 e. The summed E-state index contributed by atoms with van der Waals surface area (Å²) in [6.07, 6.45) is -5.19. The highest BCUT2D eigenvalue weighted by molar-refractivity contribution is 5.86. The summed E-state index contributed by atoms with van der Waals surface area (Å²) in [5.41, 5.74) is -3.05. The van der Waals surface area contributed by atoms with Crippen LogP contribution in [0.2, 0.25) is 0 Å². The number of anilines is 1. The predicted molar refractivity (Wildman–Crippen MR) is 98.5 cm³/mol. The summed E-state index contributed by atoms with van der Waals surface area (Å²) < 4.78 is 48.5. The van der Waals surface area contributed by atoms with Crippen molar-refractivity contribution in [3.05, 3.63) is 23.8 Å². The molecule has 1 heterocycles. The van der Waals surface area contributed by atoms with Crippen LogP contribution in [0.3, 0.4) is 0 Å². The van der Waals surface area contributed by atoms with Crippen molar-refractivity contribution >= 4 is 17.7 Å². The number of rotatable bonds is 3. The number of carbonyl (C=O) groups is 2. The van der Waals surface area contributed by atoms with E-state index in [4.69, 9.17) is 9.47 Å². The van der Waals surface area contributed by atoms with Crippen LogP contribution in [-0.2, 0) is 20.4 Å². The van der Waals surface area contributed by atoms with E-state index >= 15 is 0 Å². The molecule has 0 radical (unpaired) electrons. The Bertz CT molecular complexity index is 791. The summed E-state index contributed by atoms with van der Waals surface area (Å²) in [5.74, 6) is -1.24. The molecule has 2 N–H and O–H groups in total. The van der Waals surface area contributed by atoms with Crippen molar-refractivity contribution in [1.82, 2.24) is 4.90 Å². The molecule has 1 aromatic carbocycles. The molecular formula is C19H25F3N2O5. The molecular weight excluding hydrogens is 393 g/mol. The lowest BCUT2D eigenvalue weighted by Crippen LogP contribution is -2.52. The maximum absolute atomic E-state index is 12.8. The van der Waals surface area contributed by atoms with E-state index in [2.05, 4.69) is 5.32 Å². The van der Waals surface area contributed by atoms with Gasteiger partial charge in [-0.05, 0) is 45.9 Å². The van der Waals surface area contributed by atoms with Crippen LogP contribution in [0.5, 0.6) is 5.75 Å². The maximum atomic E-state index is 12.8. The number of likely N-dealkylation sites (tertiary alicyclic amines) is 1. The number of esters is 1. The first-order valence-corrected chi connectivity index (χ1v) is 8.93. The van der Waals surface area contributed by atoms with Crippen LogP contribution >= 0.6 is 0 Å². The number of ether oxygens (including phenoxy) is 2. The third-order valence-corrected chi connectivity index (χ3v) is 4.57. The molecule has 0 aromatic heterocycles. The molecule has 0 spiro atoms. The van der Waals surface area contributed by atoms with E-state index < -0.39 is 46.7 Å². The molecule has 0 bridgehead atoms. The van der Waals surface area contributed by atoms with Gasteiger partial charge in [-0.3, -0.25) is 4.90 Å². The fourth-order valence-electron chi connectivity index (χ4n) is 3.23. The van der Waals surface area contributed by atoms with E-state index in [0.717, 1.165) is 12.1 Å². The van der Waals surface area contributed by atoms with Crippen LogP contribution in [-0.4, -0.2) is 52.9 Å². The van der Waals surface area contributed by atoms with Crippen LogP contribution in [0.4, 0.5) is 23.7 Å². The predicted octanol–water partition coefficient (Wildman–Crippen LogP) is 3.76. The van der Waals surface area contributed by atoms with E-state index in [1.54, 1.807) is 20.8 Å². The van der Waals surface area contributed by atoms with Gasteiger partial charge in [0.25, 0.3) is 0 Å². The molecule has 0 saturated carbocycles. The molecule has 1 aliphatic heterocycles. The van der Waals surface area contributed by atoms with Crippen molar-refractivity contribution < 1.29 is 37.3 Å². The van der Waals surface area contributed by atoms with Gasteiger partial charge in [0.15, 0.2) is 0 Å². The first-order chi connectivity index (χ1) is 13.2. The van der Waals surface area contributed by atoms with E-state index in [9.17, 15) is 27.9 Å². The third-order valence-electron chi connectivity index (χ3n) is 4.57. The van der Waals surface area contributed by atoms with E-state index in [1.807, 2.05) is 0 Å². The number of nitrogens with zero attached hydrogens (tertiary/aromatic N) is 1. The lowest BCUT2D eigenvalue weighted by atomic mass is 9.97. The lowest BCUT2D eigenvalue weighted by Gasteiger charge is -2.33. The Morgan fingerprint density at radius 1 is 1.28 bits per heavy atom. The van der Waals surface area contributed by atoms with Crippen molar-refractivity contribution in [1.29, 1.82) is 0 Å².